The quantitative estimate of drug-likeness (QED) is 0.746. The monoisotopic (exact) mass is 224 g/mol. The van der Waals surface area contributed by atoms with E-state index in [1.165, 1.54) is 6.26 Å². The Morgan fingerprint density at radius 1 is 1.67 bits per heavy atom. The van der Waals surface area contributed by atoms with Crippen LogP contribution in [-0.4, -0.2) is 22.2 Å². The summed E-state index contributed by atoms with van der Waals surface area (Å²) >= 11 is 1.11. The highest BCUT2D eigenvalue weighted by Gasteiger charge is 2.20. The number of furan rings is 1. The normalized spacial score (nSPS) is 10.2. The molecule has 0 radical (unpaired) electrons. The first-order chi connectivity index (χ1) is 7.33. The maximum absolute atomic E-state index is 11.5. The Morgan fingerprint density at radius 2 is 2.53 bits per heavy atom. The van der Waals surface area contributed by atoms with E-state index in [0.717, 1.165) is 11.5 Å². The Bertz CT molecular complexity index is 450. The molecule has 0 aliphatic heterocycles. The molecule has 2 aromatic heterocycles. The highest BCUT2D eigenvalue weighted by atomic mass is 32.1. The van der Waals surface area contributed by atoms with Gasteiger partial charge in [0, 0.05) is 0 Å². The van der Waals surface area contributed by atoms with Crippen molar-refractivity contribution in [2.24, 2.45) is 0 Å². The summed E-state index contributed by atoms with van der Waals surface area (Å²) in [6, 6.07) is 3.49. The largest absolute Gasteiger partial charge is 0.463 e. The predicted molar refractivity (Wildman–Crippen MR) is 53.6 cm³/mol. The van der Waals surface area contributed by atoms with Gasteiger partial charge in [-0.3, -0.25) is 0 Å². The Morgan fingerprint density at radius 3 is 3.20 bits per heavy atom. The van der Waals surface area contributed by atoms with E-state index in [4.69, 9.17) is 9.15 Å². The molecular weight excluding hydrogens is 216 g/mol. The summed E-state index contributed by atoms with van der Waals surface area (Å²) in [6.07, 6.45) is 1.53. The number of hydrogen-bond acceptors (Lipinski definition) is 6. The molecule has 78 valence electrons. The van der Waals surface area contributed by atoms with E-state index in [2.05, 4.69) is 9.59 Å². The Hall–Kier alpha value is -1.69. The molecule has 0 fully saturated rings. The SMILES string of the molecule is CCOC(=O)c1nnsc1-c1ccco1. The molecule has 6 heteroatoms. The van der Waals surface area contributed by atoms with Crippen LogP contribution in [0.1, 0.15) is 17.4 Å². The molecular formula is C9H8N2O3S. The first-order valence-corrected chi connectivity index (χ1v) is 5.13. The summed E-state index contributed by atoms with van der Waals surface area (Å²) in [4.78, 5) is 12.1. The zero-order valence-corrected chi connectivity index (χ0v) is 8.78. The minimum atomic E-state index is -0.474. The van der Waals surface area contributed by atoms with Crippen molar-refractivity contribution in [3.63, 3.8) is 0 Å². The molecule has 2 aromatic rings. The molecule has 0 spiro atoms. The molecule has 0 unspecified atom stereocenters. The second kappa shape index (κ2) is 4.22. The van der Waals surface area contributed by atoms with Gasteiger partial charge < -0.3 is 9.15 Å². The molecule has 0 aliphatic rings. The summed E-state index contributed by atoms with van der Waals surface area (Å²) in [7, 11) is 0. The average molecular weight is 224 g/mol. The van der Waals surface area contributed by atoms with E-state index in [0.29, 0.717) is 17.2 Å². The summed E-state index contributed by atoms with van der Waals surface area (Å²) in [5.74, 6) is 0.103. The van der Waals surface area contributed by atoms with E-state index in [1.807, 2.05) is 0 Å². The maximum atomic E-state index is 11.5. The molecule has 0 aromatic carbocycles. The lowest BCUT2D eigenvalue weighted by Crippen LogP contribution is -2.06. The molecule has 15 heavy (non-hydrogen) atoms. The van der Waals surface area contributed by atoms with Crippen molar-refractivity contribution < 1.29 is 13.9 Å². The molecule has 5 nitrogen and oxygen atoms in total. The van der Waals surface area contributed by atoms with Gasteiger partial charge in [-0.1, -0.05) is 4.49 Å². The number of hydrogen-bond donors (Lipinski definition) is 0. The minimum absolute atomic E-state index is 0.205. The van der Waals surface area contributed by atoms with Crippen molar-refractivity contribution in [2.45, 2.75) is 6.92 Å². The zero-order chi connectivity index (χ0) is 10.7. The van der Waals surface area contributed by atoms with Crippen molar-refractivity contribution in [3.8, 4) is 10.6 Å². The van der Waals surface area contributed by atoms with E-state index < -0.39 is 5.97 Å². The predicted octanol–water partition coefficient (Wildman–Crippen LogP) is 1.97. The highest BCUT2D eigenvalue weighted by molar-refractivity contribution is 7.09. The molecule has 0 saturated heterocycles. The Labute approximate surface area is 89.8 Å². The first-order valence-electron chi connectivity index (χ1n) is 4.36. The molecule has 0 atom stereocenters. The van der Waals surface area contributed by atoms with Crippen LogP contribution >= 0.6 is 11.5 Å². The van der Waals surface area contributed by atoms with Gasteiger partial charge in [-0.15, -0.1) is 5.10 Å². The number of aromatic nitrogens is 2. The first kappa shape index (κ1) is 9.85. The third-order valence-corrected chi connectivity index (χ3v) is 2.44. The van der Waals surface area contributed by atoms with Crippen LogP contribution in [-0.2, 0) is 4.74 Å². The second-order valence-corrected chi connectivity index (χ2v) is 3.40. The summed E-state index contributed by atoms with van der Waals surface area (Å²) in [5.41, 5.74) is 0.205. The maximum Gasteiger partial charge on any atom is 0.360 e. The van der Waals surface area contributed by atoms with E-state index in [9.17, 15) is 4.79 Å². The molecule has 2 heterocycles. The zero-order valence-electron chi connectivity index (χ0n) is 7.97. The topological polar surface area (TPSA) is 65.2 Å². The van der Waals surface area contributed by atoms with E-state index >= 15 is 0 Å². The number of esters is 1. The van der Waals surface area contributed by atoms with Crippen LogP contribution in [0.25, 0.3) is 10.6 Å². The molecule has 0 bridgehead atoms. The van der Waals surface area contributed by atoms with Gasteiger partial charge in [0.15, 0.2) is 5.69 Å². The third kappa shape index (κ3) is 1.89. The van der Waals surface area contributed by atoms with Crippen molar-refractivity contribution in [1.82, 2.24) is 9.59 Å². The molecule has 0 aliphatic carbocycles. The van der Waals surface area contributed by atoms with Crippen molar-refractivity contribution in [2.75, 3.05) is 6.61 Å². The van der Waals surface area contributed by atoms with Gasteiger partial charge in [-0.2, -0.15) is 0 Å². The van der Waals surface area contributed by atoms with Crippen LogP contribution in [0.3, 0.4) is 0 Å². The highest BCUT2D eigenvalue weighted by Crippen LogP contribution is 2.26. The number of carbonyl (C=O) groups is 1. The van der Waals surface area contributed by atoms with Gasteiger partial charge in [0.1, 0.15) is 10.6 Å². The van der Waals surface area contributed by atoms with Crippen molar-refractivity contribution in [1.29, 1.82) is 0 Å². The van der Waals surface area contributed by atoms with Crippen LogP contribution in [0.5, 0.6) is 0 Å². The Balaban J connectivity index is 2.34. The third-order valence-electron chi connectivity index (χ3n) is 1.70. The molecule has 0 saturated carbocycles. The summed E-state index contributed by atoms with van der Waals surface area (Å²) < 4.78 is 13.7. The minimum Gasteiger partial charge on any atom is -0.463 e. The standard InChI is InChI=1S/C9H8N2O3S/c1-2-13-9(12)7-8(15-11-10-7)6-4-3-5-14-6/h3-5H,2H2,1H3. The summed E-state index contributed by atoms with van der Waals surface area (Å²) in [5, 5.41) is 3.72. The van der Waals surface area contributed by atoms with Crippen molar-refractivity contribution in [3.05, 3.63) is 24.1 Å². The van der Waals surface area contributed by atoms with Gasteiger partial charge >= 0.3 is 5.97 Å². The molecule has 0 N–H and O–H groups in total. The lowest BCUT2D eigenvalue weighted by Gasteiger charge is -1.98. The van der Waals surface area contributed by atoms with Gasteiger partial charge in [0.05, 0.1) is 12.9 Å². The molecule has 0 amide bonds. The van der Waals surface area contributed by atoms with E-state index in [1.54, 1.807) is 19.1 Å². The second-order valence-electron chi connectivity index (χ2n) is 2.65. The van der Waals surface area contributed by atoms with Gasteiger partial charge in [-0.25, -0.2) is 4.79 Å². The van der Waals surface area contributed by atoms with Gasteiger partial charge in [-0.05, 0) is 30.6 Å². The lowest BCUT2D eigenvalue weighted by molar-refractivity contribution is 0.0520. The average Bonchev–Trinajstić information content (AvgIpc) is 2.88. The van der Waals surface area contributed by atoms with Gasteiger partial charge in [0.25, 0.3) is 0 Å². The fourth-order valence-electron chi connectivity index (χ4n) is 1.09. The number of nitrogens with zero attached hydrogens (tertiary/aromatic N) is 2. The summed E-state index contributed by atoms with van der Waals surface area (Å²) in [6.45, 7) is 2.05. The fraction of sp³-hybridized carbons (Fsp3) is 0.222. The Kier molecular flexibility index (Phi) is 2.77. The number of carbonyl (C=O) groups excluding carboxylic acids is 1. The van der Waals surface area contributed by atoms with Crippen LogP contribution in [0.15, 0.2) is 22.8 Å². The van der Waals surface area contributed by atoms with Crippen LogP contribution in [0, 0.1) is 0 Å². The number of ether oxygens (including phenoxy) is 1. The fourth-order valence-corrected chi connectivity index (χ4v) is 1.71. The smallest absolute Gasteiger partial charge is 0.360 e. The van der Waals surface area contributed by atoms with Crippen LogP contribution in [0.2, 0.25) is 0 Å². The van der Waals surface area contributed by atoms with Crippen molar-refractivity contribution >= 4 is 17.5 Å². The number of rotatable bonds is 3. The van der Waals surface area contributed by atoms with Gasteiger partial charge in [0.2, 0.25) is 0 Å². The van der Waals surface area contributed by atoms with Crippen LogP contribution < -0.4 is 0 Å². The molecule has 2 rings (SSSR count). The van der Waals surface area contributed by atoms with E-state index in [-0.39, 0.29) is 5.69 Å². The van der Waals surface area contributed by atoms with Crippen LogP contribution in [0.4, 0.5) is 0 Å². The lowest BCUT2D eigenvalue weighted by atomic mass is 10.3.